The van der Waals surface area contributed by atoms with Crippen LogP contribution in [0.1, 0.15) is 5.56 Å². The number of nitrogen functional groups attached to an aromatic ring is 1. The monoisotopic (exact) mass is 251 g/mol. The Hall–Kier alpha value is -2.14. The number of para-hydroxylation sites is 1. The molecule has 94 valence electrons. The van der Waals surface area contributed by atoms with Crippen LogP contribution in [0, 0.1) is 11.6 Å². The number of hydrogen-bond donors (Lipinski definition) is 2. The first-order valence-electron chi connectivity index (χ1n) is 5.23. The number of benzene rings is 2. The highest BCUT2D eigenvalue weighted by atomic mass is 19.2. The minimum Gasteiger partial charge on any atom is -0.455 e. The lowest BCUT2D eigenvalue weighted by molar-refractivity contribution is 0.276. The lowest BCUT2D eigenvalue weighted by atomic mass is 10.2. The van der Waals surface area contributed by atoms with Gasteiger partial charge in [-0.05, 0) is 6.07 Å². The van der Waals surface area contributed by atoms with Crippen molar-refractivity contribution in [1.82, 2.24) is 0 Å². The van der Waals surface area contributed by atoms with Gasteiger partial charge in [-0.1, -0.05) is 18.2 Å². The first-order chi connectivity index (χ1) is 8.61. The van der Waals surface area contributed by atoms with Gasteiger partial charge < -0.3 is 15.6 Å². The SMILES string of the molecule is Nc1cc(F)c(F)cc1Oc1ccccc1CO. The maximum Gasteiger partial charge on any atom is 0.162 e. The summed E-state index contributed by atoms with van der Waals surface area (Å²) in [6.07, 6.45) is 0. The van der Waals surface area contributed by atoms with E-state index in [1.54, 1.807) is 24.3 Å². The molecule has 18 heavy (non-hydrogen) atoms. The highest BCUT2D eigenvalue weighted by Crippen LogP contribution is 2.31. The van der Waals surface area contributed by atoms with Crippen LogP contribution in [0.15, 0.2) is 36.4 Å². The van der Waals surface area contributed by atoms with Gasteiger partial charge in [-0.2, -0.15) is 0 Å². The van der Waals surface area contributed by atoms with Gasteiger partial charge in [0.15, 0.2) is 17.4 Å². The number of rotatable bonds is 3. The van der Waals surface area contributed by atoms with Crippen molar-refractivity contribution in [2.75, 3.05) is 5.73 Å². The molecule has 0 unspecified atom stereocenters. The van der Waals surface area contributed by atoms with Crippen LogP contribution in [0.25, 0.3) is 0 Å². The zero-order valence-electron chi connectivity index (χ0n) is 9.36. The highest BCUT2D eigenvalue weighted by molar-refractivity contribution is 5.54. The van der Waals surface area contributed by atoms with Gasteiger partial charge in [0.25, 0.3) is 0 Å². The number of aliphatic hydroxyl groups is 1. The Bertz CT molecular complexity index is 573. The number of ether oxygens (including phenoxy) is 1. The smallest absolute Gasteiger partial charge is 0.162 e. The predicted octanol–water partition coefficient (Wildman–Crippen LogP) is 2.83. The average molecular weight is 251 g/mol. The van der Waals surface area contributed by atoms with Crippen molar-refractivity contribution >= 4 is 5.69 Å². The third-order valence-electron chi connectivity index (χ3n) is 2.42. The number of halogens is 2. The van der Waals surface area contributed by atoms with E-state index in [1.807, 2.05) is 0 Å². The first kappa shape index (κ1) is 12.3. The maximum absolute atomic E-state index is 13.1. The maximum atomic E-state index is 13.1. The Kier molecular flexibility index (Phi) is 3.43. The molecule has 0 aliphatic carbocycles. The van der Waals surface area contributed by atoms with E-state index in [0.717, 1.165) is 12.1 Å². The fourth-order valence-electron chi connectivity index (χ4n) is 1.48. The Morgan fingerprint density at radius 3 is 2.44 bits per heavy atom. The van der Waals surface area contributed by atoms with E-state index in [4.69, 9.17) is 15.6 Å². The van der Waals surface area contributed by atoms with Crippen LogP contribution in [0.2, 0.25) is 0 Å². The first-order valence-corrected chi connectivity index (χ1v) is 5.23. The van der Waals surface area contributed by atoms with Crippen LogP contribution in [-0.2, 0) is 6.61 Å². The van der Waals surface area contributed by atoms with E-state index in [1.165, 1.54) is 0 Å². The topological polar surface area (TPSA) is 55.5 Å². The summed E-state index contributed by atoms with van der Waals surface area (Å²) in [5, 5.41) is 9.12. The van der Waals surface area contributed by atoms with Gasteiger partial charge in [0, 0.05) is 17.7 Å². The van der Waals surface area contributed by atoms with Crippen LogP contribution in [0.5, 0.6) is 11.5 Å². The predicted molar refractivity (Wildman–Crippen MR) is 63.2 cm³/mol. The second-order valence-electron chi connectivity index (χ2n) is 3.67. The number of hydrogen-bond acceptors (Lipinski definition) is 3. The van der Waals surface area contributed by atoms with Crippen molar-refractivity contribution < 1.29 is 18.6 Å². The number of nitrogens with two attached hydrogens (primary N) is 1. The van der Waals surface area contributed by atoms with Crippen LogP contribution in [0.3, 0.4) is 0 Å². The van der Waals surface area contributed by atoms with Crippen LogP contribution < -0.4 is 10.5 Å². The molecule has 0 saturated heterocycles. The van der Waals surface area contributed by atoms with Gasteiger partial charge in [0.2, 0.25) is 0 Å². The molecule has 0 amide bonds. The molecule has 0 bridgehead atoms. The largest absolute Gasteiger partial charge is 0.455 e. The molecule has 0 saturated carbocycles. The summed E-state index contributed by atoms with van der Waals surface area (Å²) in [5.74, 6) is -1.72. The highest BCUT2D eigenvalue weighted by Gasteiger charge is 2.11. The van der Waals surface area contributed by atoms with E-state index in [-0.39, 0.29) is 18.0 Å². The Balaban J connectivity index is 2.37. The van der Waals surface area contributed by atoms with Crippen molar-refractivity contribution in [2.24, 2.45) is 0 Å². The summed E-state index contributed by atoms with van der Waals surface area (Å²) in [6.45, 7) is -0.222. The fraction of sp³-hybridized carbons (Fsp3) is 0.0769. The summed E-state index contributed by atoms with van der Waals surface area (Å²) in [6, 6.07) is 8.42. The normalized spacial score (nSPS) is 10.4. The van der Waals surface area contributed by atoms with E-state index in [9.17, 15) is 8.78 Å². The third kappa shape index (κ3) is 2.41. The Labute approximate surface area is 102 Å². The zero-order chi connectivity index (χ0) is 13.1. The van der Waals surface area contributed by atoms with Gasteiger partial charge in [0.1, 0.15) is 5.75 Å². The van der Waals surface area contributed by atoms with Gasteiger partial charge in [0.05, 0.1) is 12.3 Å². The minimum absolute atomic E-state index is 0.00907. The van der Waals surface area contributed by atoms with Crippen molar-refractivity contribution in [3.05, 3.63) is 53.6 Å². The van der Waals surface area contributed by atoms with E-state index >= 15 is 0 Å². The van der Waals surface area contributed by atoms with Gasteiger partial charge in [-0.3, -0.25) is 0 Å². The number of anilines is 1. The molecule has 0 fully saturated rings. The molecule has 2 aromatic rings. The molecule has 5 heteroatoms. The quantitative estimate of drug-likeness (QED) is 0.825. The van der Waals surface area contributed by atoms with Gasteiger partial charge >= 0.3 is 0 Å². The van der Waals surface area contributed by atoms with E-state index < -0.39 is 11.6 Å². The second kappa shape index (κ2) is 5.01. The van der Waals surface area contributed by atoms with E-state index in [2.05, 4.69) is 0 Å². The lowest BCUT2D eigenvalue weighted by Crippen LogP contribution is -1.97. The molecule has 3 N–H and O–H groups in total. The zero-order valence-corrected chi connectivity index (χ0v) is 9.36. The third-order valence-corrected chi connectivity index (χ3v) is 2.42. The molecule has 3 nitrogen and oxygen atoms in total. The molecule has 0 atom stereocenters. The van der Waals surface area contributed by atoms with Crippen LogP contribution in [0.4, 0.5) is 14.5 Å². The van der Waals surface area contributed by atoms with E-state index in [0.29, 0.717) is 11.3 Å². The fourth-order valence-corrected chi connectivity index (χ4v) is 1.48. The molecule has 0 aliphatic heterocycles. The van der Waals surface area contributed by atoms with Crippen LogP contribution in [-0.4, -0.2) is 5.11 Å². The lowest BCUT2D eigenvalue weighted by Gasteiger charge is -2.11. The Morgan fingerprint density at radius 2 is 1.72 bits per heavy atom. The van der Waals surface area contributed by atoms with Crippen molar-refractivity contribution in [2.45, 2.75) is 6.61 Å². The summed E-state index contributed by atoms with van der Waals surface area (Å²) in [7, 11) is 0. The molecule has 2 rings (SSSR count). The number of aliphatic hydroxyl groups excluding tert-OH is 1. The Morgan fingerprint density at radius 1 is 1.06 bits per heavy atom. The summed E-state index contributed by atoms with van der Waals surface area (Å²) in [5.41, 5.74) is 6.05. The van der Waals surface area contributed by atoms with Crippen molar-refractivity contribution in [1.29, 1.82) is 0 Å². The average Bonchev–Trinajstić information content (AvgIpc) is 2.36. The summed E-state index contributed by atoms with van der Waals surface area (Å²) < 4.78 is 31.4. The summed E-state index contributed by atoms with van der Waals surface area (Å²) >= 11 is 0. The molecule has 2 aromatic carbocycles. The second-order valence-corrected chi connectivity index (χ2v) is 3.67. The molecular formula is C13H11F2NO2. The van der Waals surface area contributed by atoms with Gasteiger partial charge in [-0.15, -0.1) is 0 Å². The minimum atomic E-state index is -1.04. The van der Waals surface area contributed by atoms with Gasteiger partial charge in [-0.25, -0.2) is 8.78 Å². The standard InChI is InChI=1S/C13H11F2NO2/c14-9-5-11(16)13(6-10(9)15)18-12-4-2-1-3-8(12)7-17/h1-6,17H,7,16H2. The molecule has 0 radical (unpaired) electrons. The van der Waals surface area contributed by atoms with Crippen molar-refractivity contribution in [3.8, 4) is 11.5 Å². The molecule has 0 spiro atoms. The molecule has 0 aliphatic rings. The molecule has 0 aromatic heterocycles. The molecular weight excluding hydrogens is 240 g/mol. The van der Waals surface area contributed by atoms with Crippen LogP contribution >= 0.6 is 0 Å². The van der Waals surface area contributed by atoms with Crippen molar-refractivity contribution in [3.63, 3.8) is 0 Å². The summed E-state index contributed by atoms with van der Waals surface area (Å²) in [4.78, 5) is 0. The molecule has 0 heterocycles.